The van der Waals surface area contributed by atoms with Crippen molar-refractivity contribution < 1.29 is 4.79 Å². The average Bonchev–Trinajstić information content (AvgIpc) is 2.36. The van der Waals surface area contributed by atoms with Crippen LogP contribution < -0.4 is 10.6 Å². The number of hydrogen-bond donors (Lipinski definition) is 2. The molecule has 0 aromatic rings. The Kier molecular flexibility index (Phi) is 6.97. The zero-order valence-corrected chi connectivity index (χ0v) is 12.1. The third-order valence-corrected chi connectivity index (χ3v) is 4.72. The maximum Gasteiger partial charge on any atom is 0.237 e. The molecule has 3 atom stereocenters. The third-order valence-electron chi connectivity index (χ3n) is 3.32. The molecule has 100 valence electrons. The van der Waals surface area contributed by atoms with Gasteiger partial charge in [0.15, 0.2) is 0 Å². The zero-order chi connectivity index (χ0) is 12.7. The Morgan fingerprint density at radius 2 is 2.18 bits per heavy atom. The molecule has 1 aliphatic heterocycles. The van der Waals surface area contributed by atoms with Gasteiger partial charge >= 0.3 is 0 Å². The summed E-state index contributed by atoms with van der Waals surface area (Å²) in [5.41, 5.74) is 0. The van der Waals surface area contributed by atoms with Gasteiger partial charge in [-0.2, -0.15) is 11.8 Å². The zero-order valence-electron chi connectivity index (χ0n) is 11.3. The minimum absolute atomic E-state index is 0.0773. The molecular weight excluding hydrogens is 232 g/mol. The van der Waals surface area contributed by atoms with E-state index in [-0.39, 0.29) is 18.0 Å². The molecule has 0 saturated carbocycles. The monoisotopic (exact) mass is 258 g/mol. The summed E-state index contributed by atoms with van der Waals surface area (Å²) >= 11 is 2.04. The van der Waals surface area contributed by atoms with Crippen molar-refractivity contribution in [3.63, 3.8) is 0 Å². The molecule has 0 radical (unpaired) electrons. The molecule has 1 aliphatic rings. The van der Waals surface area contributed by atoms with Gasteiger partial charge in [-0.3, -0.25) is 4.79 Å². The van der Waals surface area contributed by atoms with Crippen molar-refractivity contribution in [2.24, 2.45) is 0 Å². The van der Waals surface area contributed by atoms with Gasteiger partial charge in [-0.25, -0.2) is 0 Å². The van der Waals surface area contributed by atoms with Crippen molar-refractivity contribution >= 4 is 17.7 Å². The fourth-order valence-corrected chi connectivity index (χ4v) is 3.09. The Balaban J connectivity index is 2.18. The Morgan fingerprint density at radius 1 is 1.41 bits per heavy atom. The van der Waals surface area contributed by atoms with E-state index < -0.39 is 0 Å². The Morgan fingerprint density at radius 3 is 2.76 bits per heavy atom. The first-order chi connectivity index (χ1) is 8.13. The lowest BCUT2D eigenvalue weighted by molar-refractivity contribution is -0.123. The summed E-state index contributed by atoms with van der Waals surface area (Å²) in [4.78, 5) is 11.8. The van der Waals surface area contributed by atoms with Crippen LogP contribution in [0.2, 0.25) is 0 Å². The quantitative estimate of drug-likeness (QED) is 0.767. The first kappa shape index (κ1) is 14.8. The van der Waals surface area contributed by atoms with Gasteiger partial charge in [0, 0.05) is 17.8 Å². The van der Waals surface area contributed by atoms with E-state index in [9.17, 15) is 4.79 Å². The SMILES string of the molecule is CCC(C)NC(=O)C(C)NCC1CCCCS1. The van der Waals surface area contributed by atoms with Gasteiger partial charge in [0.05, 0.1) is 6.04 Å². The molecule has 3 nitrogen and oxygen atoms in total. The maximum absolute atomic E-state index is 11.8. The van der Waals surface area contributed by atoms with Crippen LogP contribution in [-0.4, -0.2) is 35.5 Å². The molecule has 1 rings (SSSR count). The molecule has 0 aromatic heterocycles. The van der Waals surface area contributed by atoms with Crippen molar-refractivity contribution in [1.82, 2.24) is 10.6 Å². The lowest BCUT2D eigenvalue weighted by Gasteiger charge is -2.24. The highest BCUT2D eigenvalue weighted by Gasteiger charge is 2.18. The second-order valence-electron chi connectivity index (χ2n) is 4.94. The summed E-state index contributed by atoms with van der Waals surface area (Å²) in [7, 11) is 0. The summed E-state index contributed by atoms with van der Waals surface area (Å²) in [6, 6.07) is 0.197. The molecule has 3 unspecified atom stereocenters. The van der Waals surface area contributed by atoms with Crippen LogP contribution in [0.3, 0.4) is 0 Å². The molecule has 0 spiro atoms. The van der Waals surface area contributed by atoms with Crippen molar-refractivity contribution in [3.8, 4) is 0 Å². The molecule has 2 N–H and O–H groups in total. The highest BCUT2D eigenvalue weighted by atomic mass is 32.2. The van der Waals surface area contributed by atoms with E-state index in [0.29, 0.717) is 5.25 Å². The molecule has 4 heteroatoms. The van der Waals surface area contributed by atoms with Crippen LogP contribution in [0.5, 0.6) is 0 Å². The summed E-state index contributed by atoms with van der Waals surface area (Å²) in [6.45, 7) is 7.04. The van der Waals surface area contributed by atoms with Crippen LogP contribution in [0, 0.1) is 0 Å². The first-order valence-corrected chi connectivity index (χ1v) is 7.83. The highest BCUT2D eigenvalue weighted by molar-refractivity contribution is 7.99. The minimum atomic E-state index is -0.0773. The fourth-order valence-electron chi connectivity index (χ4n) is 1.84. The average molecular weight is 258 g/mol. The van der Waals surface area contributed by atoms with E-state index in [0.717, 1.165) is 13.0 Å². The van der Waals surface area contributed by atoms with Crippen LogP contribution in [0.15, 0.2) is 0 Å². The van der Waals surface area contributed by atoms with Crippen LogP contribution in [0.4, 0.5) is 0 Å². The number of carbonyl (C=O) groups is 1. The van der Waals surface area contributed by atoms with E-state index in [4.69, 9.17) is 0 Å². The number of rotatable bonds is 6. The van der Waals surface area contributed by atoms with Crippen LogP contribution in [-0.2, 0) is 4.79 Å². The van der Waals surface area contributed by atoms with Gasteiger partial charge in [0.2, 0.25) is 5.91 Å². The molecule has 1 amide bonds. The van der Waals surface area contributed by atoms with E-state index in [2.05, 4.69) is 17.6 Å². The number of thioether (sulfide) groups is 1. The van der Waals surface area contributed by atoms with Gasteiger partial charge < -0.3 is 10.6 Å². The summed E-state index contributed by atoms with van der Waals surface area (Å²) in [5.74, 6) is 1.40. The second kappa shape index (κ2) is 7.98. The predicted molar refractivity (Wildman–Crippen MR) is 75.5 cm³/mol. The van der Waals surface area contributed by atoms with Crippen LogP contribution in [0.1, 0.15) is 46.5 Å². The van der Waals surface area contributed by atoms with Crippen molar-refractivity contribution in [1.29, 1.82) is 0 Å². The second-order valence-corrected chi connectivity index (χ2v) is 6.34. The number of amides is 1. The summed E-state index contributed by atoms with van der Waals surface area (Å²) in [5, 5.41) is 7.05. The van der Waals surface area contributed by atoms with E-state index >= 15 is 0 Å². The number of carbonyl (C=O) groups excluding carboxylic acids is 1. The van der Waals surface area contributed by atoms with E-state index in [1.165, 1.54) is 25.0 Å². The normalized spacial score (nSPS) is 24.1. The molecule has 0 aromatic carbocycles. The minimum Gasteiger partial charge on any atom is -0.352 e. The molecule has 0 aliphatic carbocycles. The van der Waals surface area contributed by atoms with Crippen molar-refractivity contribution in [3.05, 3.63) is 0 Å². The van der Waals surface area contributed by atoms with Crippen molar-refractivity contribution in [2.75, 3.05) is 12.3 Å². The standard InChI is InChI=1S/C13H26N2OS/c1-4-10(2)15-13(16)11(3)14-9-12-7-5-6-8-17-12/h10-12,14H,4-9H2,1-3H3,(H,15,16). The van der Waals surface area contributed by atoms with E-state index in [1.807, 2.05) is 25.6 Å². The Labute approximate surface area is 109 Å². The van der Waals surface area contributed by atoms with Gasteiger partial charge in [0.25, 0.3) is 0 Å². The van der Waals surface area contributed by atoms with Crippen LogP contribution >= 0.6 is 11.8 Å². The van der Waals surface area contributed by atoms with E-state index in [1.54, 1.807) is 0 Å². The number of nitrogens with one attached hydrogen (secondary N) is 2. The predicted octanol–water partition coefficient (Wildman–Crippen LogP) is 2.16. The van der Waals surface area contributed by atoms with Gasteiger partial charge in [-0.1, -0.05) is 13.3 Å². The topological polar surface area (TPSA) is 41.1 Å². The van der Waals surface area contributed by atoms with Crippen LogP contribution in [0.25, 0.3) is 0 Å². The maximum atomic E-state index is 11.8. The van der Waals surface area contributed by atoms with Gasteiger partial charge in [-0.05, 0) is 38.9 Å². The molecule has 1 saturated heterocycles. The van der Waals surface area contributed by atoms with Crippen molar-refractivity contribution in [2.45, 2.75) is 63.8 Å². The summed E-state index contributed by atoms with van der Waals surface area (Å²) < 4.78 is 0. The first-order valence-electron chi connectivity index (χ1n) is 6.78. The molecule has 1 heterocycles. The van der Waals surface area contributed by atoms with Gasteiger partial charge in [0.1, 0.15) is 0 Å². The van der Waals surface area contributed by atoms with Gasteiger partial charge in [-0.15, -0.1) is 0 Å². The smallest absolute Gasteiger partial charge is 0.237 e. The summed E-state index contributed by atoms with van der Waals surface area (Å²) in [6.07, 6.45) is 4.96. The largest absolute Gasteiger partial charge is 0.352 e. The Bertz CT molecular complexity index is 229. The fraction of sp³-hybridized carbons (Fsp3) is 0.923. The molecular formula is C13H26N2OS. The number of hydrogen-bond acceptors (Lipinski definition) is 3. The third kappa shape index (κ3) is 5.77. The lowest BCUT2D eigenvalue weighted by atomic mass is 10.2. The molecule has 17 heavy (non-hydrogen) atoms. The molecule has 1 fully saturated rings. The highest BCUT2D eigenvalue weighted by Crippen LogP contribution is 2.24. The molecule has 0 bridgehead atoms. The Hall–Kier alpha value is -0.220. The lowest BCUT2D eigenvalue weighted by Crippen LogP contribution is -2.47.